The largest absolute Gasteiger partial charge is 0.326 e. The minimum atomic E-state index is -0.539. The number of aryl methyl sites for hydroxylation is 1. The zero-order chi connectivity index (χ0) is 18.2. The van der Waals surface area contributed by atoms with E-state index in [1.807, 2.05) is 12.1 Å². The van der Waals surface area contributed by atoms with Gasteiger partial charge in [0.05, 0.1) is 5.69 Å². The standard InChI is InChI=1S/C19H20BrFN2O2/c1-13(24)22-18-12-16(10-11-17(18)21)23-19(25)5-3-2-4-14-6-8-15(20)9-7-14/h6-12H,2-5H2,1H3,(H,22,24)(H,23,25). The summed E-state index contributed by atoms with van der Waals surface area (Å²) in [5.41, 5.74) is 1.76. The van der Waals surface area contributed by atoms with Crippen LogP contribution in [0.25, 0.3) is 0 Å². The van der Waals surface area contributed by atoms with E-state index in [0.717, 1.165) is 23.7 Å². The molecule has 2 N–H and O–H groups in total. The molecule has 0 heterocycles. The van der Waals surface area contributed by atoms with E-state index in [4.69, 9.17) is 0 Å². The highest BCUT2D eigenvalue weighted by molar-refractivity contribution is 9.10. The highest BCUT2D eigenvalue weighted by Crippen LogP contribution is 2.20. The second-order valence-corrected chi connectivity index (χ2v) is 6.67. The van der Waals surface area contributed by atoms with Gasteiger partial charge in [0, 0.05) is 23.5 Å². The van der Waals surface area contributed by atoms with Gasteiger partial charge in [-0.3, -0.25) is 9.59 Å². The highest BCUT2D eigenvalue weighted by Gasteiger charge is 2.08. The first-order valence-electron chi connectivity index (χ1n) is 8.05. The third-order valence-electron chi connectivity index (χ3n) is 3.59. The van der Waals surface area contributed by atoms with Gasteiger partial charge in [-0.1, -0.05) is 28.1 Å². The van der Waals surface area contributed by atoms with E-state index in [9.17, 15) is 14.0 Å². The van der Waals surface area contributed by atoms with E-state index < -0.39 is 5.82 Å². The lowest BCUT2D eigenvalue weighted by Gasteiger charge is -2.09. The number of nitrogens with one attached hydrogen (secondary N) is 2. The molecule has 0 radical (unpaired) electrons. The van der Waals surface area contributed by atoms with Crippen LogP contribution in [0.1, 0.15) is 31.7 Å². The maximum absolute atomic E-state index is 13.6. The molecule has 0 saturated carbocycles. The molecule has 0 unspecified atom stereocenters. The Morgan fingerprint density at radius 1 is 1.04 bits per heavy atom. The number of amides is 2. The predicted octanol–water partition coefficient (Wildman–Crippen LogP) is 4.90. The molecule has 0 atom stereocenters. The van der Waals surface area contributed by atoms with Crippen molar-refractivity contribution in [2.24, 2.45) is 0 Å². The van der Waals surface area contributed by atoms with Gasteiger partial charge in [0.2, 0.25) is 11.8 Å². The second-order valence-electron chi connectivity index (χ2n) is 5.76. The van der Waals surface area contributed by atoms with E-state index in [2.05, 4.69) is 38.7 Å². The summed E-state index contributed by atoms with van der Waals surface area (Å²) in [6, 6.07) is 12.2. The van der Waals surface area contributed by atoms with Gasteiger partial charge in [-0.2, -0.15) is 0 Å². The number of carbonyl (C=O) groups excluding carboxylic acids is 2. The fraction of sp³-hybridized carbons (Fsp3) is 0.263. The minimum Gasteiger partial charge on any atom is -0.326 e. The van der Waals surface area contributed by atoms with Gasteiger partial charge in [-0.05, 0) is 55.2 Å². The lowest BCUT2D eigenvalue weighted by atomic mass is 10.1. The molecule has 6 heteroatoms. The van der Waals surface area contributed by atoms with Gasteiger partial charge in [-0.15, -0.1) is 0 Å². The molecule has 0 bridgehead atoms. The Labute approximate surface area is 154 Å². The third kappa shape index (κ3) is 6.66. The topological polar surface area (TPSA) is 58.2 Å². The smallest absolute Gasteiger partial charge is 0.224 e. The molecular weight excluding hydrogens is 387 g/mol. The van der Waals surface area contributed by atoms with Crippen LogP contribution in [0.4, 0.5) is 15.8 Å². The molecule has 132 valence electrons. The average molecular weight is 407 g/mol. The molecule has 2 rings (SSSR count). The third-order valence-corrected chi connectivity index (χ3v) is 4.12. The number of benzene rings is 2. The summed E-state index contributed by atoms with van der Waals surface area (Å²) in [6.07, 6.45) is 2.99. The molecule has 0 aliphatic carbocycles. The molecule has 0 aromatic heterocycles. The minimum absolute atomic E-state index is 0.0561. The Kier molecular flexibility index (Phi) is 7.13. The number of halogens is 2. The van der Waals surface area contributed by atoms with Crippen molar-refractivity contribution in [2.75, 3.05) is 10.6 Å². The molecule has 4 nitrogen and oxygen atoms in total. The Morgan fingerprint density at radius 3 is 2.44 bits per heavy atom. The van der Waals surface area contributed by atoms with Gasteiger partial charge in [0.15, 0.2) is 0 Å². The lowest BCUT2D eigenvalue weighted by molar-refractivity contribution is -0.116. The molecule has 2 amide bonds. The molecule has 25 heavy (non-hydrogen) atoms. The number of hydrogen-bond acceptors (Lipinski definition) is 2. The van der Waals surface area contributed by atoms with Crippen LogP contribution < -0.4 is 10.6 Å². The van der Waals surface area contributed by atoms with Crippen LogP contribution in [0.5, 0.6) is 0 Å². The van der Waals surface area contributed by atoms with Crippen molar-refractivity contribution in [3.8, 4) is 0 Å². The molecule has 0 spiro atoms. The molecule has 2 aromatic rings. The first kappa shape index (κ1) is 19.1. The van der Waals surface area contributed by atoms with Crippen LogP contribution in [0, 0.1) is 5.82 Å². The van der Waals surface area contributed by atoms with Crippen molar-refractivity contribution >= 4 is 39.1 Å². The molecule has 0 aliphatic heterocycles. The van der Waals surface area contributed by atoms with Gasteiger partial charge in [0.25, 0.3) is 0 Å². The number of anilines is 2. The maximum Gasteiger partial charge on any atom is 0.224 e. The van der Waals surface area contributed by atoms with E-state index in [1.165, 1.54) is 30.7 Å². The van der Waals surface area contributed by atoms with E-state index >= 15 is 0 Å². The Balaban J connectivity index is 1.78. The first-order chi connectivity index (χ1) is 11.9. The maximum atomic E-state index is 13.6. The van der Waals surface area contributed by atoms with Crippen LogP contribution in [0.15, 0.2) is 46.9 Å². The number of carbonyl (C=O) groups is 2. The van der Waals surface area contributed by atoms with Crippen molar-refractivity contribution in [3.05, 3.63) is 58.3 Å². The predicted molar refractivity (Wildman–Crippen MR) is 101 cm³/mol. The summed E-state index contributed by atoms with van der Waals surface area (Å²) in [6.45, 7) is 1.30. The van der Waals surface area contributed by atoms with Crippen LogP contribution in [0.3, 0.4) is 0 Å². The van der Waals surface area contributed by atoms with Crippen molar-refractivity contribution in [1.29, 1.82) is 0 Å². The monoisotopic (exact) mass is 406 g/mol. The summed E-state index contributed by atoms with van der Waals surface area (Å²) in [7, 11) is 0. The van der Waals surface area contributed by atoms with Gasteiger partial charge < -0.3 is 10.6 Å². The van der Waals surface area contributed by atoms with E-state index in [0.29, 0.717) is 12.1 Å². The number of unbranched alkanes of at least 4 members (excludes halogenated alkanes) is 1. The summed E-state index contributed by atoms with van der Waals surface area (Å²) in [5, 5.41) is 5.12. The zero-order valence-electron chi connectivity index (χ0n) is 13.9. The quantitative estimate of drug-likeness (QED) is 0.642. The van der Waals surface area contributed by atoms with E-state index in [1.54, 1.807) is 0 Å². The van der Waals surface area contributed by atoms with Gasteiger partial charge >= 0.3 is 0 Å². The summed E-state index contributed by atoms with van der Waals surface area (Å²) >= 11 is 3.40. The Hall–Kier alpha value is -2.21. The molecule has 0 fully saturated rings. The van der Waals surface area contributed by atoms with E-state index in [-0.39, 0.29) is 17.5 Å². The fourth-order valence-electron chi connectivity index (χ4n) is 2.38. The van der Waals surface area contributed by atoms with Crippen molar-refractivity contribution < 1.29 is 14.0 Å². The van der Waals surface area contributed by atoms with Gasteiger partial charge in [-0.25, -0.2) is 4.39 Å². The van der Waals surface area contributed by atoms with Crippen molar-refractivity contribution in [3.63, 3.8) is 0 Å². The van der Waals surface area contributed by atoms with Crippen molar-refractivity contribution in [2.45, 2.75) is 32.6 Å². The summed E-state index contributed by atoms with van der Waals surface area (Å²) < 4.78 is 14.6. The zero-order valence-corrected chi connectivity index (χ0v) is 15.5. The Morgan fingerprint density at radius 2 is 1.76 bits per heavy atom. The average Bonchev–Trinajstić information content (AvgIpc) is 2.56. The fourth-order valence-corrected chi connectivity index (χ4v) is 2.64. The Bertz CT molecular complexity index is 748. The van der Waals surface area contributed by atoms with Crippen LogP contribution in [-0.4, -0.2) is 11.8 Å². The second kappa shape index (κ2) is 9.32. The normalized spacial score (nSPS) is 10.4. The molecule has 0 saturated heterocycles. The summed E-state index contributed by atoms with van der Waals surface area (Å²) in [4.78, 5) is 23.0. The highest BCUT2D eigenvalue weighted by atomic mass is 79.9. The first-order valence-corrected chi connectivity index (χ1v) is 8.85. The molecular formula is C19H20BrFN2O2. The SMILES string of the molecule is CC(=O)Nc1cc(NC(=O)CCCCc2ccc(Br)cc2)ccc1F. The van der Waals surface area contributed by atoms with Crippen LogP contribution in [-0.2, 0) is 16.0 Å². The van der Waals surface area contributed by atoms with Gasteiger partial charge in [0.1, 0.15) is 5.82 Å². The number of hydrogen-bond donors (Lipinski definition) is 2. The lowest BCUT2D eigenvalue weighted by Crippen LogP contribution is -2.12. The number of rotatable bonds is 7. The summed E-state index contributed by atoms with van der Waals surface area (Å²) in [5.74, 6) is -1.03. The molecule has 0 aliphatic rings. The van der Waals surface area contributed by atoms with Crippen LogP contribution in [0.2, 0.25) is 0 Å². The van der Waals surface area contributed by atoms with Crippen LogP contribution >= 0.6 is 15.9 Å². The van der Waals surface area contributed by atoms with Crippen molar-refractivity contribution in [1.82, 2.24) is 0 Å². The molecule has 2 aromatic carbocycles.